The second kappa shape index (κ2) is 6.36. The fraction of sp³-hybridized carbons (Fsp3) is 0.500. The molecule has 2 aromatic heterocycles. The molecule has 1 N–H and O–H groups in total. The van der Waals surface area contributed by atoms with Gasteiger partial charge < -0.3 is 14.3 Å². The Labute approximate surface area is 130 Å². The Morgan fingerprint density at radius 2 is 2.27 bits per heavy atom. The minimum atomic E-state index is -0.155. The SMILES string of the molecule is CCCN1CCn2cc(C(=O)NCc3ccc(C)o3)nc2C1. The van der Waals surface area contributed by atoms with Crippen LogP contribution in [0.1, 0.15) is 41.2 Å². The maximum absolute atomic E-state index is 12.2. The highest BCUT2D eigenvalue weighted by atomic mass is 16.3. The van der Waals surface area contributed by atoms with E-state index in [9.17, 15) is 4.79 Å². The van der Waals surface area contributed by atoms with Crippen molar-refractivity contribution in [1.29, 1.82) is 0 Å². The number of carbonyl (C=O) groups is 1. The Bertz CT molecular complexity index is 659. The molecule has 6 nitrogen and oxygen atoms in total. The molecule has 1 aliphatic rings. The molecular weight excluding hydrogens is 280 g/mol. The van der Waals surface area contributed by atoms with Gasteiger partial charge in [-0.05, 0) is 32.0 Å². The number of aryl methyl sites for hydroxylation is 1. The van der Waals surface area contributed by atoms with E-state index in [0.29, 0.717) is 12.2 Å². The summed E-state index contributed by atoms with van der Waals surface area (Å²) in [5.74, 6) is 2.42. The van der Waals surface area contributed by atoms with Crippen LogP contribution in [0.15, 0.2) is 22.7 Å². The molecular formula is C16H22N4O2. The largest absolute Gasteiger partial charge is 0.465 e. The zero-order valence-corrected chi connectivity index (χ0v) is 13.1. The Balaban J connectivity index is 1.62. The number of hydrogen-bond acceptors (Lipinski definition) is 4. The zero-order chi connectivity index (χ0) is 15.5. The van der Waals surface area contributed by atoms with E-state index in [1.54, 1.807) is 0 Å². The first-order valence-electron chi connectivity index (χ1n) is 7.77. The molecule has 0 spiro atoms. The third kappa shape index (κ3) is 3.22. The molecule has 0 unspecified atom stereocenters. The molecule has 2 aromatic rings. The van der Waals surface area contributed by atoms with Gasteiger partial charge in [0.2, 0.25) is 0 Å². The lowest BCUT2D eigenvalue weighted by Gasteiger charge is -2.26. The van der Waals surface area contributed by atoms with Gasteiger partial charge in [0, 0.05) is 19.3 Å². The lowest BCUT2D eigenvalue weighted by molar-refractivity contribution is 0.0943. The van der Waals surface area contributed by atoms with Crippen LogP contribution in [0.2, 0.25) is 0 Å². The van der Waals surface area contributed by atoms with Crippen molar-refractivity contribution in [2.45, 2.75) is 39.9 Å². The van der Waals surface area contributed by atoms with E-state index in [0.717, 1.165) is 49.9 Å². The monoisotopic (exact) mass is 302 g/mol. The van der Waals surface area contributed by atoms with Crippen LogP contribution in [-0.4, -0.2) is 33.4 Å². The van der Waals surface area contributed by atoms with Gasteiger partial charge in [-0.25, -0.2) is 4.98 Å². The van der Waals surface area contributed by atoms with Crippen molar-refractivity contribution in [2.75, 3.05) is 13.1 Å². The van der Waals surface area contributed by atoms with Gasteiger partial charge in [-0.15, -0.1) is 0 Å². The molecule has 1 aliphatic heterocycles. The molecule has 118 valence electrons. The van der Waals surface area contributed by atoms with Gasteiger partial charge in [-0.2, -0.15) is 0 Å². The summed E-state index contributed by atoms with van der Waals surface area (Å²) in [7, 11) is 0. The molecule has 0 radical (unpaired) electrons. The van der Waals surface area contributed by atoms with Crippen LogP contribution in [0.4, 0.5) is 0 Å². The van der Waals surface area contributed by atoms with Crippen molar-refractivity contribution in [3.8, 4) is 0 Å². The predicted octanol–water partition coefficient (Wildman–Crippen LogP) is 1.94. The second-order valence-electron chi connectivity index (χ2n) is 5.71. The Morgan fingerprint density at radius 1 is 1.41 bits per heavy atom. The minimum absolute atomic E-state index is 0.155. The first-order valence-corrected chi connectivity index (χ1v) is 7.77. The highest BCUT2D eigenvalue weighted by Gasteiger charge is 2.20. The molecule has 0 aliphatic carbocycles. The van der Waals surface area contributed by atoms with Crippen LogP contribution in [0.5, 0.6) is 0 Å². The van der Waals surface area contributed by atoms with Gasteiger partial charge in [0.05, 0.1) is 13.1 Å². The zero-order valence-electron chi connectivity index (χ0n) is 13.1. The van der Waals surface area contributed by atoms with Gasteiger partial charge in [0.25, 0.3) is 5.91 Å². The summed E-state index contributed by atoms with van der Waals surface area (Å²) in [5.41, 5.74) is 0.483. The molecule has 0 aromatic carbocycles. The van der Waals surface area contributed by atoms with Gasteiger partial charge >= 0.3 is 0 Å². The van der Waals surface area contributed by atoms with E-state index in [-0.39, 0.29) is 5.91 Å². The third-order valence-electron chi connectivity index (χ3n) is 3.87. The Kier molecular flexibility index (Phi) is 4.29. The topological polar surface area (TPSA) is 63.3 Å². The van der Waals surface area contributed by atoms with Gasteiger partial charge in [0.15, 0.2) is 0 Å². The summed E-state index contributed by atoms with van der Waals surface area (Å²) >= 11 is 0. The summed E-state index contributed by atoms with van der Waals surface area (Å²) < 4.78 is 7.53. The minimum Gasteiger partial charge on any atom is -0.465 e. The van der Waals surface area contributed by atoms with Crippen LogP contribution in [0.25, 0.3) is 0 Å². The maximum atomic E-state index is 12.2. The molecule has 22 heavy (non-hydrogen) atoms. The molecule has 0 saturated carbocycles. The second-order valence-corrected chi connectivity index (χ2v) is 5.71. The first-order chi connectivity index (χ1) is 10.7. The Hall–Kier alpha value is -2.08. The first kappa shape index (κ1) is 14.8. The average Bonchev–Trinajstić information content (AvgIpc) is 3.10. The molecule has 3 rings (SSSR count). The van der Waals surface area contributed by atoms with Crippen molar-refractivity contribution < 1.29 is 9.21 Å². The lowest BCUT2D eigenvalue weighted by atomic mass is 10.3. The molecule has 6 heteroatoms. The summed E-state index contributed by atoms with van der Waals surface area (Å²) in [6.07, 6.45) is 2.98. The van der Waals surface area contributed by atoms with Gasteiger partial charge in [0.1, 0.15) is 23.0 Å². The van der Waals surface area contributed by atoms with Crippen molar-refractivity contribution in [1.82, 2.24) is 19.8 Å². The summed E-state index contributed by atoms with van der Waals surface area (Å²) in [6.45, 7) is 8.26. The van der Waals surface area contributed by atoms with E-state index >= 15 is 0 Å². The number of furan rings is 1. The van der Waals surface area contributed by atoms with Crippen molar-refractivity contribution in [3.63, 3.8) is 0 Å². The van der Waals surface area contributed by atoms with Crippen LogP contribution >= 0.6 is 0 Å². The fourth-order valence-electron chi connectivity index (χ4n) is 2.76. The van der Waals surface area contributed by atoms with E-state index in [1.165, 1.54) is 0 Å². The number of nitrogens with zero attached hydrogens (tertiary/aromatic N) is 3. The number of aromatic nitrogens is 2. The number of carbonyl (C=O) groups excluding carboxylic acids is 1. The van der Waals surface area contributed by atoms with Gasteiger partial charge in [-0.3, -0.25) is 9.69 Å². The normalized spacial score (nSPS) is 14.8. The van der Waals surface area contributed by atoms with E-state index < -0.39 is 0 Å². The van der Waals surface area contributed by atoms with E-state index in [1.807, 2.05) is 25.3 Å². The number of hydrogen-bond donors (Lipinski definition) is 1. The fourth-order valence-corrected chi connectivity index (χ4v) is 2.76. The molecule has 0 saturated heterocycles. The van der Waals surface area contributed by atoms with Crippen LogP contribution < -0.4 is 5.32 Å². The summed E-state index contributed by atoms with van der Waals surface area (Å²) in [6, 6.07) is 3.76. The van der Waals surface area contributed by atoms with Gasteiger partial charge in [-0.1, -0.05) is 6.92 Å². The molecule has 0 bridgehead atoms. The predicted molar refractivity (Wildman–Crippen MR) is 82.4 cm³/mol. The number of amides is 1. The highest BCUT2D eigenvalue weighted by Crippen LogP contribution is 2.13. The van der Waals surface area contributed by atoms with Crippen molar-refractivity contribution in [2.24, 2.45) is 0 Å². The summed E-state index contributed by atoms with van der Waals surface area (Å²) in [4.78, 5) is 19.1. The quantitative estimate of drug-likeness (QED) is 0.917. The van der Waals surface area contributed by atoms with Crippen molar-refractivity contribution in [3.05, 3.63) is 41.4 Å². The lowest BCUT2D eigenvalue weighted by Crippen LogP contribution is -2.34. The number of imidazole rings is 1. The summed E-state index contributed by atoms with van der Waals surface area (Å²) in [5, 5.41) is 2.85. The third-order valence-corrected chi connectivity index (χ3v) is 3.87. The van der Waals surface area contributed by atoms with Crippen LogP contribution in [-0.2, 0) is 19.6 Å². The van der Waals surface area contributed by atoms with Crippen molar-refractivity contribution >= 4 is 5.91 Å². The highest BCUT2D eigenvalue weighted by molar-refractivity contribution is 5.92. The maximum Gasteiger partial charge on any atom is 0.271 e. The Morgan fingerprint density at radius 3 is 3.00 bits per heavy atom. The van der Waals surface area contributed by atoms with Crippen LogP contribution in [0, 0.1) is 6.92 Å². The number of nitrogens with one attached hydrogen (secondary N) is 1. The number of rotatable bonds is 5. The van der Waals surface area contributed by atoms with Crippen LogP contribution in [0.3, 0.4) is 0 Å². The molecule has 1 amide bonds. The smallest absolute Gasteiger partial charge is 0.271 e. The standard InChI is InChI=1S/C16H22N4O2/c1-3-6-19-7-8-20-10-14(18-15(20)11-19)16(21)17-9-13-5-4-12(2)22-13/h4-5,10H,3,6-9,11H2,1-2H3,(H,17,21). The molecule has 0 atom stereocenters. The van der Waals surface area contributed by atoms with E-state index in [2.05, 4.69) is 26.7 Å². The number of fused-ring (bicyclic) bond motifs is 1. The van der Waals surface area contributed by atoms with E-state index in [4.69, 9.17) is 4.42 Å². The molecule has 3 heterocycles. The average molecular weight is 302 g/mol. The molecule has 0 fully saturated rings.